The molecule has 0 unspecified atom stereocenters. The van der Waals surface area contributed by atoms with Crippen molar-refractivity contribution in [2.45, 2.75) is 122 Å². The molecule has 3 fully saturated rings. The fraction of sp³-hybridized carbons (Fsp3) is 0.643. The summed E-state index contributed by atoms with van der Waals surface area (Å²) in [7, 11) is -4.33. The van der Waals surface area contributed by atoms with E-state index in [1.807, 2.05) is 50.3 Å². The highest BCUT2D eigenvalue weighted by Crippen LogP contribution is 2.58. The number of amides is 2. The van der Waals surface area contributed by atoms with E-state index in [-0.39, 0.29) is 62.8 Å². The lowest BCUT2D eigenvalue weighted by atomic mass is 9.82. The highest BCUT2D eigenvalue weighted by molar-refractivity contribution is 7.91. The summed E-state index contributed by atoms with van der Waals surface area (Å²) in [6.07, 6.45) is 6.93. The lowest BCUT2D eigenvalue weighted by molar-refractivity contribution is -0.160. The van der Waals surface area contributed by atoms with Crippen molar-refractivity contribution in [2.75, 3.05) is 19.8 Å². The number of fused-ring (bicyclic) bond motifs is 3. The van der Waals surface area contributed by atoms with Crippen LogP contribution < -0.4 is 14.2 Å². The quantitative estimate of drug-likeness (QED) is 0.215. The highest BCUT2D eigenvalue weighted by atomic mass is 32.2. The number of ether oxygens (including phenoxy) is 3. The van der Waals surface area contributed by atoms with Gasteiger partial charge in [0.05, 0.1) is 36.9 Å². The van der Waals surface area contributed by atoms with Gasteiger partial charge < -0.3 is 19.1 Å². The second-order valence-corrected chi connectivity index (χ2v) is 19.6. The summed E-state index contributed by atoms with van der Waals surface area (Å²) in [5.41, 5.74) is -2.15. The van der Waals surface area contributed by atoms with Crippen LogP contribution in [0.5, 0.6) is 11.6 Å². The smallest absolute Gasteiger partial charge is 0.307 e. The van der Waals surface area contributed by atoms with Crippen LogP contribution in [0, 0.1) is 29.1 Å². The second kappa shape index (κ2) is 16.1. The number of carbonyl (C=O) groups is 4. The van der Waals surface area contributed by atoms with Gasteiger partial charge in [-0.15, -0.1) is 0 Å². The van der Waals surface area contributed by atoms with E-state index in [1.54, 1.807) is 27.0 Å². The molecular weight excluding hydrogens is 742 g/mol. The third-order valence-corrected chi connectivity index (χ3v) is 14.0. The molecule has 0 spiro atoms. The minimum atomic E-state index is -4.33. The summed E-state index contributed by atoms with van der Waals surface area (Å²) in [6, 6.07) is 6.35. The van der Waals surface area contributed by atoms with Crippen molar-refractivity contribution in [3.63, 3.8) is 0 Å². The molecule has 2 aromatic rings. The first kappa shape index (κ1) is 41.6. The van der Waals surface area contributed by atoms with Crippen LogP contribution in [0.2, 0.25) is 0 Å². The molecule has 7 atom stereocenters. The molecule has 14 heteroatoms. The van der Waals surface area contributed by atoms with Gasteiger partial charge in [-0.2, -0.15) is 0 Å². The van der Waals surface area contributed by atoms with E-state index in [2.05, 4.69) is 16.6 Å². The number of hydrogen-bond donors (Lipinski definition) is 1. The molecular formula is C42H56FN3O9S. The van der Waals surface area contributed by atoms with E-state index in [1.165, 1.54) is 4.90 Å². The largest absolute Gasteiger partial charge is 0.494 e. The van der Waals surface area contributed by atoms with Gasteiger partial charge in [0, 0.05) is 24.4 Å². The van der Waals surface area contributed by atoms with Gasteiger partial charge in [0.1, 0.15) is 28.9 Å². The molecule has 3 heterocycles. The van der Waals surface area contributed by atoms with Gasteiger partial charge >= 0.3 is 5.97 Å². The Morgan fingerprint density at radius 2 is 1.86 bits per heavy atom. The summed E-state index contributed by atoms with van der Waals surface area (Å²) in [5.74, 6) is -2.42. The van der Waals surface area contributed by atoms with Gasteiger partial charge in [-0.25, -0.2) is 17.8 Å². The summed E-state index contributed by atoms with van der Waals surface area (Å²) >= 11 is 0. The number of hydrogen-bond acceptors (Lipinski definition) is 10. The van der Waals surface area contributed by atoms with E-state index in [4.69, 9.17) is 14.2 Å². The van der Waals surface area contributed by atoms with Gasteiger partial charge in [0.25, 0.3) is 0 Å². The van der Waals surface area contributed by atoms with Crippen molar-refractivity contribution in [3.05, 3.63) is 42.6 Å². The van der Waals surface area contributed by atoms with E-state index < -0.39 is 74.1 Å². The van der Waals surface area contributed by atoms with Crippen LogP contribution in [0.3, 0.4) is 0 Å². The van der Waals surface area contributed by atoms with Gasteiger partial charge in [0.15, 0.2) is 5.78 Å². The Morgan fingerprint density at radius 3 is 2.54 bits per heavy atom. The molecule has 1 aromatic heterocycles. The number of pyridine rings is 1. The number of ketones is 1. The first-order valence-corrected chi connectivity index (χ1v) is 21.4. The van der Waals surface area contributed by atoms with Gasteiger partial charge in [-0.05, 0) is 114 Å². The molecule has 6 rings (SSSR count). The number of nitrogens with one attached hydrogen (secondary N) is 1. The molecule has 1 saturated heterocycles. The molecule has 1 aromatic carbocycles. The Morgan fingerprint density at radius 1 is 1.11 bits per heavy atom. The summed E-state index contributed by atoms with van der Waals surface area (Å²) < 4.78 is 58.7. The standard InChI is InChI=1S/C42H56FN3O9S/c1-7-53-30-12-13-32-28(19-30)14-17-44-37(32)54-31-20-34-35(47)23-42(39(50)45-56(51,52)41(25-43)15-16-41)22-29(42)11-9-8-10-26(2)18-27(3)33(38(49)46(34)24-31)21-36(48)55-40(4,5)6/h9,11-14,17,19,26-27,29,31,33-34H,7-8,10,15-16,18,20-25H2,1-6H3,(H,45,50)/b11-9-/t26-,27-,29-,31-,33+,34+,42-/m1/s1. The number of carbonyl (C=O) groups excluding carboxylic acids is 4. The van der Waals surface area contributed by atoms with Crippen molar-refractivity contribution in [1.29, 1.82) is 0 Å². The zero-order valence-corrected chi connectivity index (χ0v) is 34.2. The predicted molar refractivity (Wildman–Crippen MR) is 208 cm³/mol. The number of benzene rings is 1. The Hall–Kier alpha value is -4.07. The van der Waals surface area contributed by atoms with Crippen molar-refractivity contribution < 1.29 is 46.2 Å². The number of nitrogens with zero attached hydrogens (tertiary/aromatic N) is 2. The van der Waals surface area contributed by atoms with Crippen LogP contribution >= 0.6 is 0 Å². The molecule has 1 N–H and O–H groups in total. The minimum Gasteiger partial charge on any atom is -0.494 e. The topological polar surface area (TPSA) is 158 Å². The normalized spacial score (nSPS) is 29.9. The fourth-order valence-electron chi connectivity index (χ4n) is 8.44. The number of allylic oxidation sites excluding steroid dienone is 2. The van der Waals surface area contributed by atoms with Crippen LogP contribution in [0.1, 0.15) is 99.3 Å². The van der Waals surface area contributed by atoms with Crippen molar-refractivity contribution in [3.8, 4) is 11.6 Å². The maximum Gasteiger partial charge on any atom is 0.307 e. The maximum atomic E-state index is 14.9. The number of esters is 1. The first-order valence-electron chi connectivity index (χ1n) is 19.9. The number of aromatic nitrogens is 1. The molecule has 0 radical (unpaired) electrons. The Kier molecular flexibility index (Phi) is 11.9. The zero-order chi connectivity index (χ0) is 40.6. The molecule has 306 valence electrons. The highest BCUT2D eigenvalue weighted by Gasteiger charge is 2.63. The third-order valence-electron chi connectivity index (χ3n) is 11.9. The number of sulfonamides is 1. The van der Waals surface area contributed by atoms with Gasteiger partial charge in [0.2, 0.25) is 27.7 Å². The Bertz CT molecular complexity index is 1980. The number of alkyl halides is 1. The Balaban J connectivity index is 1.34. The maximum absolute atomic E-state index is 14.9. The molecule has 4 aliphatic rings. The fourth-order valence-corrected chi connectivity index (χ4v) is 9.89. The SMILES string of the molecule is CCOc1ccc2c(O[C@@H]3C[C@H]4C(=O)C[C@]5(C(=O)NS(=O)(=O)C6(CF)CC6)C[C@H]5/C=C\CC[C@@H](C)C[C@@H](C)[C@H](CC(=O)OC(C)(C)C)C(=O)N4C3)nccc2c1. The van der Waals surface area contributed by atoms with Gasteiger partial charge in [-0.1, -0.05) is 26.0 Å². The molecule has 2 aliphatic carbocycles. The van der Waals surface area contributed by atoms with Crippen LogP contribution in [0.25, 0.3) is 10.8 Å². The van der Waals surface area contributed by atoms with Crippen molar-refractivity contribution in [2.24, 2.45) is 29.1 Å². The monoisotopic (exact) mass is 797 g/mol. The number of halogens is 1. The average molecular weight is 798 g/mol. The van der Waals surface area contributed by atoms with Crippen LogP contribution in [-0.2, 0) is 33.9 Å². The molecule has 56 heavy (non-hydrogen) atoms. The molecule has 2 amide bonds. The number of rotatable bonds is 10. The van der Waals surface area contributed by atoms with Crippen LogP contribution in [-0.4, -0.2) is 84.2 Å². The molecule has 2 saturated carbocycles. The lowest BCUT2D eigenvalue weighted by Gasteiger charge is -2.32. The molecule has 2 aliphatic heterocycles. The second-order valence-electron chi connectivity index (χ2n) is 17.5. The summed E-state index contributed by atoms with van der Waals surface area (Å²) in [5, 5.41) is 1.55. The minimum absolute atomic E-state index is 0.0212. The van der Waals surface area contributed by atoms with Gasteiger partial charge in [-0.3, -0.25) is 23.9 Å². The van der Waals surface area contributed by atoms with Crippen molar-refractivity contribution >= 4 is 44.4 Å². The predicted octanol–water partition coefficient (Wildman–Crippen LogP) is 6.26. The van der Waals surface area contributed by atoms with Crippen molar-refractivity contribution in [1.82, 2.24) is 14.6 Å². The summed E-state index contributed by atoms with van der Waals surface area (Å²) in [4.78, 5) is 62.8. The zero-order valence-electron chi connectivity index (χ0n) is 33.3. The average Bonchev–Trinajstić information content (AvgIpc) is 4.03. The van der Waals surface area contributed by atoms with Crippen LogP contribution in [0.15, 0.2) is 42.6 Å². The Labute approximate surface area is 329 Å². The lowest BCUT2D eigenvalue weighted by Crippen LogP contribution is -2.48. The summed E-state index contributed by atoms with van der Waals surface area (Å²) in [6.45, 7) is 10.7. The molecule has 0 bridgehead atoms. The first-order chi connectivity index (χ1) is 26.4. The van der Waals surface area contributed by atoms with E-state index in [0.29, 0.717) is 31.1 Å². The molecule has 12 nitrogen and oxygen atoms in total. The van der Waals surface area contributed by atoms with Crippen LogP contribution in [0.4, 0.5) is 4.39 Å². The van der Waals surface area contributed by atoms with E-state index in [0.717, 1.165) is 17.2 Å². The number of Topliss-reactive ketones (excluding diaryl/α,β-unsaturated/α-hetero) is 1. The third kappa shape index (κ3) is 8.89. The van der Waals surface area contributed by atoms with E-state index in [9.17, 15) is 32.0 Å². The van der Waals surface area contributed by atoms with E-state index >= 15 is 0 Å².